The summed E-state index contributed by atoms with van der Waals surface area (Å²) in [5, 5.41) is 12.8. The second-order valence-corrected chi connectivity index (χ2v) is 8.02. The second kappa shape index (κ2) is 11.1. The van der Waals surface area contributed by atoms with Gasteiger partial charge in [0.2, 0.25) is 16.0 Å². The quantitative estimate of drug-likeness (QED) is 0.158. The Bertz CT molecular complexity index is 1010. The van der Waals surface area contributed by atoms with Crippen LogP contribution >= 0.6 is 0 Å². The lowest BCUT2D eigenvalue weighted by atomic mass is 10.1. The van der Waals surface area contributed by atoms with Crippen molar-refractivity contribution in [2.75, 3.05) is 13.2 Å². The number of halogens is 1. The van der Waals surface area contributed by atoms with E-state index in [-0.39, 0.29) is 19.0 Å². The molecule has 0 unspecified atom stereocenters. The fourth-order valence-corrected chi connectivity index (χ4v) is 3.75. The Morgan fingerprint density at radius 3 is 2.42 bits per heavy atom. The number of guanidine groups is 1. The Morgan fingerprint density at radius 2 is 1.81 bits per heavy atom. The van der Waals surface area contributed by atoms with Gasteiger partial charge in [-0.25, -0.2) is 12.8 Å². The molecule has 12 heteroatoms. The van der Waals surface area contributed by atoms with Crippen LogP contribution < -0.4 is 20.9 Å². The van der Waals surface area contributed by atoms with Crippen molar-refractivity contribution in [2.24, 2.45) is 16.6 Å². The van der Waals surface area contributed by atoms with Gasteiger partial charge in [-0.2, -0.15) is 4.72 Å². The van der Waals surface area contributed by atoms with E-state index in [9.17, 15) is 22.7 Å². The predicted octanol–water partition coefficient (Wildman–Crippen LogP) is 0.774. The van der Waals surface area contributed by atoms with E-state index in [2.05, 4.69) is 5.16 Å². The third kappa shape index (κ3) is 7.75. The zero-order chi connectivity index (χ0) is 22.9. The molecule has 2 aromatic rings. The summed E-state index contributed by atoms with van der Waals surface area (Å²) in [5.74, 6) is -2.00. The van der Waals surface area contributed by atoms with Crippen molar-refractivity contribution in [3.63, 3.8) is 0 Å². The molecule has 0 spiro atoms. The SMILES string of the molecule is NC(N)=NOCCCOc1ccc(C[C@H](NS(=O)(=O)c2ccccc2F)C(=O)O)cc1. The van der Waals surface area contributed by atoms with Crippen LogP contribution in [0.4, 0.5) is 4.39 Å². The number of oxime groups is 1. The van der Waals surface area contributed by atoms with Crippen molar-refractivity contribution in [1.29, 1.82) is 0 Å². The highest BCUT2D eigenvalue weighted by atomic mass is 32.2. The molecule has 0 bridgehead atoms. The highest BCUT2D eigenvalue weighted by molar-refractivity contribution is 7.89. The van der Waals surface area contributed by atoms with Gasteiger partial charge in [0.1, 0.15) is 29.1 Å². The molecule has 1 atom stereocenters. The van der Waals surface area contributed by atoms with Gasteiger partial charge in [-0.1, -0.05) is 24.3 Å². The molecule has 6 N–H and O–H groups in total. The Morgan fingerprint density at radius 1 is 1.13 bits per heavy atom. The van der Waals surface area contributed by atoms with Crippen LogP contribution in [0.15, 0.2) is 58.6 Å². The monoisotopic (exact) mass is 454 g/mol. The number of rotatable bonds is 12. The standard InChI is InChI=1S/C19H23FN4O6S/c20-15-4-1-2-5-17(15)31(27,28)24-16(18(25)26)12-13-6-8-14(9-7-13)29-10-3-11-30-23-19(21)22/h1-2,4-9,16,24H,3,10-12H2,(H,25,26)(H4,21,22,23)/t16-/m0/s1. The molecule has 0 aliphatic carbocycles. The van der Waals surface area contributed by atoms with Crippen LogP contribution in [0.2, 0.25) is 0 Å². The van der Waals surface area contributed by atoms with E-state index in [4.69, 9.17) is 21.0 Å². The number of hydrogen-bond acceptors (Lipinski definition) is 6. The lowest BCUT2D eigenvalue weighted by Gasteiger charge is -2.15. The van der Waals surface area contributed by atoms with Crippen LogP contribution in [0.1, 0.15) is 12.0 Å². The lowest BCUT2D eigenvalue weighted by Crippen LogP contribution is -2.42. The first kappa shape index (κ1) is 23.9. The first-order valence-corrected chi connectivity index (χ1v) is 10.6. The van der Waals surface area contributed by atoms with Crippen LogP contribution in [-0.4, -0.2) is 44.7 Å². The van der Waals surface area contributed by atoms with Gasteiger partial charge in [0.25, 0.3) is 0 Å². The van der Waals surface area contributed by atoms with E-state index >= 15 is 0 Å². The van der Waals surface area contributed by atoms with E-state index < -0.39 is 32.7 Å². The van der Waals surface area contributed by atoms with Crippen molar-refractivity contribution < 1.29 is 32.3 Å². The third-order valence-electron chi connectivity index (χ3n) is 3.90. The van der Waals surface area contributed by atoms with Gasteiger partial charge in [0.05, 0.1) is 6.61 Å². The largest absolute Gasteiger partial charge is 0.493 e. The number of sulfonamides is 1. The third-order valence-corrected chi connectivity index (χ3v) is 5.41. The molecule has 0 heterocycles. The fraction of sp³-hybridized carbons (Fsp3) is 0.263. The van der Waals surface area contributed by atoms with Gasteiger partial charge in [-0.3, -0.25) is 4.79 Å². The highest BCUT2D eigenvalue weighted by Crippen LogP contribution is 2.17. The molecule has 10 nitrogen and oxygen atoms in total. The van der Waals surface area contributed by atoms with Crippen LogP contribution in [0.5, 0.6) is 5.75 Å². The molecule has 0 radical (unpaired) electrons. The van der Waals surface area contributed by atoms with Gasteiger partial charge in [-0.15, -0.1) is 0 Å². The van der Waals surface area contributed by atoms with Crippen molar-refractivity contribution >= 4 is 22.0 Å². The molecule has 168 valence electrons. The summed E-state index contributed by atoms with van der Waals surface area (Å²) in [6.45, 7) is 0.595. The smallest absolute Gasteiger partial charge is 0.322 e. The Kier molecular flexibility index (Phi) is 8.58. The summed E-state index contributed by atoms with van der Waals surface area (Å²) in [6.07, 6.45) is 0.382. The van der Waals surface area contributed by atoms with Crippen molar-refractivity contribution in [2.45, 2.75) is 23.8 Å². The Balaban J connectivity index is 1.94. The Labute approximate surface area is 178 Å². The number of carboxylic acids is 1. The molecule has 0 aromatic heterocycles. The molecular weight excluding hydrogens is 431 g/mol. The van der Waals surface area contributed by atoms with Gasteiger partial charge in [0, 0.05) is 6.42 Å². The van der Waals surface area contributed by atoms with Gasteiger partial charge < -0.3 is 26.1 Å². The molecule has 2 rings (SSSR count). The average molecular weight is 454 g/mol. The number of carboxylic acid groups (broad SMARTS) is 1. The maximum absolute atomic E-state index is 13.8. The van der Waals surface area contributed by atoms with E-state index in [1.165, 1.54) is 12.1 Å². The normalized spacial score (nSPS) is 12.0. The second-order valence-electron chi connectivity index (χ2n) is 6.34. The molecule has 0 fully saturated rings. The number of hydrogen-bond donors (Lipinski definition) is 4. The first-order chi connectivity index (χ1) is 14.7. The maximum Gasteiger partial charge on any atom is 0.322 e. The minimum Gasteiger partial charge on any atom is -0.493 e. The average Bonchev–Trinajstić information content (AvgIpc) is 2.71. The molecule has 2 aromatic carbocycles. The van der Waals surface area contributed by atoms with E-state index in [1.807, 2.05) is 4.72 Å². The number of nitrogens with two attached hydrogens (primary N) is 2. The first-order valence-electron chi connectivity index (χ1n) is 9.11. The van der Waals surface area contributed by atoms with Gasteiger partial charge >= 0.3 is 5.97 Å². The molecule has 0 amide bonds. The summed E-state index contributed by atoms with van der Waals surface area (Å²) in [6, 6.07) is 9.71. The van der Waals surface area contributed by atoms with Crippen molar-refractivity contribution in [3.8, 4) is 5.75 Å². The molecule has 0 saturated carbocycles. The lowest BCUT2D eigenvalue weighted by molar-refractivity contribution is -0.138. The summed E-state index contributed by atoms with van der Waals surface area (Å²) in [4.78, 5) is 15.8. The number of ether oxygens (including phenoxy) is 1. The van der Waals surface area contributed by atoms with Gasteiger partial charge in [-0.05, 0) is 41.4 Å². The fourth-order valence-electron chi connectivity index (χ4n) is 2.48. The van der Waals surface area contributed by atoms with Crippen LogP contribution in [-0.2, 0) is 26.1 Å². The molecule has 0 aliphatic rings. The molecule has 31 heavy (non-hydrogen) atoms. The minimum absolute atomic E-state index is 0.143. The number of aliphatic carboxylic acids is 1. The summed E-state index contributed by atoms with van der Waals surface area (Å²) < 4.78 is 46.1. The number of nitrogens with one attached hydrogen (secondary N) is 1. The maximum atomic E-state index is 13.8. The molecule has 0 saturated heterocycles. The predicted molar refractivity (Wildman–Crippen MR) is 110 cm³/mol. The summed E-state index contributed by atoms with van der Waals surface area (Å²) >= 11 is 0. The highest BCUT2D eigenvalue weighted by Gasteiger charge is 2.27. The number of carbonyl (C=O) groups is 1. The Hall–Kier alpha value is -3.38. The number of nitrogens with zero attached hydrogens (tertiary/aromatic N) is 1. The van der Waals surface area contributed by atoms with E-state index in [0.29, 0.717) is 24.3 Å². The van der Waals surface area contributed by atoms with Gasteiger partial charge in [0.15, 0.2) is 0 Å². The topological polar surface area (TPSA) is 166 Å². The molecule has 0 aliphatic heterocycles. The van der Waals surface area contributed by atoms with E-state index in [1.54, 1.807) is 24.3 Å². The summed E-state index contributed by atoms with van der Waals surface area (Å²) in [5.41, 5.74) is 10.8. The zero-order valence-electron chi connectivity index (χ0n) is 16.4. The van der Waals surface area contributed by atoms with Crippen molar-refractivity contribution in [1.82, 2.24) is 4.72 Å². The number of benzene rings is 2. The van der Waals surface area contributed by atoms with Crippen molar-refractivity contribution in [3.05, 3.63) is 59.9 Å². The van der Waals surface area contributed by atoms with Crippen LogP contribution in [0.25, 0.3) is 0 Å². The molecular formula is C19H23FN4O6S. The zero-order valence-corrected chi connectivity index (χ0v) is 17.2. The van der Waals surface area contributed by atoms with Crippen LogP contribution in [0, 0.1) is 5.82 Å². The van der Waals surface area contributed by atoms with Crippen LogP contribution in [0.3, 0.4) is 0 Å². The summed E-state index contributed by atoms with van der Waals surface area (Å²) in [7, 11) is -4.36. The minimum atomic E-state index is -4.36. The van der Waals surface area contributed by atoms with E-state index in [0.717, 1.165) is 12.1 Å².